The van der Waals surface area contributed by atoms with Crippen LogP contribution in [0.3, 0.4) is 0 Å². The maximum Gasteiger partial charge on any atom is 0.163 e. The fraction of sp³-hybridized carbons (Fsp3) is 0.250. The van der Waals surface area contributed by atoms with Crippen molar-refractivity contribution in [1.82, 2.24) is 0 Å². The number of aliphatic hydroxyl groups excluding tert-OH is 1. The molecule has 0 spiro atoms. The molecule has 2 aromatic carbocycles. The Morgan fingerprint density at radius 3 is 2.29 bits per heavy atom. The van der Waals surface area contributed by atoms with Crippen LogP contribution in [0.25, 0.3) is 0 Å². The summed E-state index contributed by atoms with van der Waals surface area (Å²) in [5.41, 5.74) is 6.96. The minimum Gasteiger partial charge on any atom is -0.391 e. The molecule has 0 unspecified atom stereocenters. The van der Waals surface area contributed by atoms with Gasteiger partial charge in [0.05, 0.1) is 12.1 Å². The van der Waals surface area contributed by atoms with Crippen molar-refractivity contribution in [2.24, 2.45) is 5.73 Å². The molecule has 0 bridgehead atoms. The van der Waals surface area contributed by atoms with Gasteiger partial charge in [0.1, 0.15) is 0 Å². The second kappa shape index (κ2) is 7.50. The Morgan fingerprint density at radius 1 is 1.05 bits per heavy atom. The highest BCUT2D eigenvalue weighted by molar-refractivity contribution is 5.85. The summed E-state index contributed by atoms with van der Waals surface area (Å²) in [5.74, 6) is -1.89. The van der Waals surface area contributed by atoms with Crippen molar-refractivity contribution in [3.05, 3.63) is 70.8 Å². The lowest BCUT2D eigenvalue weighted by atomic mass is 9.95. The SMILES string of the molecule is Cc1ccc([C@@H](N)[C@@H](O)Cc2ccccc2)c(F)c1F.Cl. The molecular formula is C16H18ClF2NO. The highest BCUT2D eigenvalue weighted by atomic mass is 35.5. The van der Waals surface area contributed by atoms with Crippen molar-refractivity contribution in [2.45, 2.75) is 25.5 Å². The van der Waals surface area contributed by atoms with Gasteiger partial charge in [0.25, 0.3) is 0 Å². The molecule has 2 atom stereocenters. The average molecular weight is 314 g/mol. The van der Waals surface area contributed by atoms with E-state index in [4.69, 9.17) is 5.73 Å². The van der Waals surface area contributed by atoms with Crippen LogP contribution < -0.4 is 5.73 Å². The zero-order valence-corrected chi connectivity index (χ0v) is 12.4. The van der Waals surface area contributed by atoms with E-state index in [-0.39, 0.29) is 30.0 Å². The fourth-order valence-corrected chi connectivity index (χ4v) is 2.11. The van der Waals surface area contributed by atoms with Gasteiger partial charge in [0.15, 0.2) is 11.6 Å². The van der Waals surface area contributed by atoms with Gasteiger partial charge in [0, 0.05) is 12.0 Å². The maximum absolute atomic E-state index is 13.8. The standard InChI is InChI=1S/C16H17F2NO.ClH/c1-10-7-8-12(15(18)14(10)17)16(19)13(20)9-11-5-3-2-4-6-11;/h2-8,13,16,20H,9,19H2,1H3;1H/t13-,16+;/m0./s1. The van der Waals surface area contributed by atoms with Crippen LogP contribution in [0.5, 0.6) is 0 Å². The van der Waals surface area contributed by atoms with E-state index in [2.05, 4.69) is 0 Å². The lowest BCUT2D eigenvalue weighted by Gasteiger charge is -2.20. The molecular weight excluding hydrogens is 296 g/mol. The fourth-order valence-electron chi connectivity index (χ4n) is 2.11. The summed E-state index contributed by atoms with van der Waals surface area (Å²) in [6.07, 6.45) is -0.689. The summed E-state index contributed by atoms with van der Waals surface area (Å²) < 4.78 is 27.4. The molecule has 3 N–H and O–H groups in total. The van der Waals surface area contributed by atoms with Crippen LogP contribution in [0.4, 0.5) is 8.78 Å². The van der Waals surface area contributed by atoms with E-state index in [1.807, 2.05) is 30.3 Å². The summed E-state index contributed by atoms with van der Waals surface area (Å²) in [5, 5.41) is 10.1. The van der Waals surface area contributed by atoms with Crippen LogP contribution in [0.15, 0.2) is 42.5 Å². The number of aryl methyl sites for hydroxylation is 1. The first-order valence-electron chi connectivity index (χ1n) is 6.42. The average Bonchev–Trinajstić information content (AvgIpc) is 2.45. The van der Waals surface area contributed by atoms with Crippen molar-refractivity contribution in [1.29, 1.82) is 0 Å². The summed E-state index contributed by atoms with van der Waals surface area (Å²) in [6, 6.07) is 11.2. The molecule has 5 heteroatoms. The van der Waals surface area contributed by atoms with Crippen LogP contribution in [0.2, 0.25) is 0 Å². The van der Waals surface area contributed by atoms with Gasteiger partial charge in [-0.05, 0) is 18.1 Å². The molecule has 2 rings (SSSR count). The van der Waals surface area contributed by atoms with Gasteiger partial charge < -0.3 is 10.8 Å². The van der Waals surface area contributed by atoms with Crippen LogP contribution in [-0.4, -0.2) is 11.2 Å². The molecule has 0 fully saturated rings. The third-order valence-corrected chi connectivity index (χ3v) is 3.37. The largest absolute Gasteiger partial charge is 0.391 e. The molecule has 0 radical (unpaired) electrons. The molecule has 0 amide bonds. The van der Waals surface area contributed by atoms with E-state index < -0.39 is 23.8 Å². The highest BCUT2D eigenvalue weighted by Gasteiger charge is 2.22. The number of rotatable bonds is 4. The predicted molar refractivity (Wildman–Crippen MR) is 81.4 cm³/mol. The molecule has 0 aliphatic carbocycles. The van der Waals surface area contributed by atoms with E-state index in [1.54, 1.807) is 0 Å². The lowest BCUT2D eigenvalue weighted by Crippen LogP contribution is -2.29. The third-order valence-electron chi connectivity index (χ3n) is 3.37. The monoisotopic (exact) mass is 313 g/mol. The van der Waals surface area contributed by atoms with Crippen LogP contribution in [0.1, 0.15) is 22.7 Å². The number of hydrogen-bond acceptors (Lipinski definition) is 2. The number of nitrogens with two attached hydrogens (primary N) is 1. The van der Waals surface area contributed by atoms with Gasteiger partial charge >= 0.3 is 0 Å². The van der Waals surface area contributed by atoms with Gasteiger partial charge in [-0.3, -0.25) is 0 Å². The number of halogens is 3. The Kier molecular flexibility index (Phi) is 6.27. The number of hydrogen-bond donors (Lipinski definition) is 2. The van der Waals surface area contributed by atoms with Gasteiger partial charge in [-0.25, -0.2) is 8.78 Å². The molecule has 0 saturated carbocycles. The van der Waals surface area contributed by atoms with E-state index in [0.717, 1.165) is 5.56 Å². The summed E-state index contributed by atoms with van der Waals surface area (Å²) in [4.78, 5) is 0. The minimum atomic E-state index is -0.982. The molecule has 0 aliphatic heterocycles. The van der Waals surface area contributed by atoms with Crippen molar-refractivity contribution >= 4 is 12.4 Å². The van der Waals surface area contributed by atoms with Gasteiger partial charge in [-0.1, -0.05) is 42.5 Å². The quantitative estimate of drug-likeness (QED) is 0.910. The maximum atomic E-state index is 13.8. The number of benzene rings is 2. The van der Waals surface area contributed by atoms with Crippen molar-refractivity contribution in [3.63, 3.8) is 0 Å². The van der Waals surface area contributed by atoms with Gasteiger partial charge in [0.2, 0.25) is 0 Å². The Labute approximate surface area is 129 Å². The summed E-state index contributed by atoms with van der Waals surface area (Å²) >= 11 is 0. The van der Waals surface area contributed by atoms with Crippen molar-refractivity contribution < 1.29 is 13.9 Å². The van der Waals surface area contributed by atoms with Crippen LogP contribution >= 0.6 is 12.4 Å². The van der Waals surface area contributed by atoms with Crippen molar-refractivity contribution in [2.75, 3.05) is 0 Å². The smallest absolute Gasteiger partial charge is 0.163 e. The zero-order valence-electron chi connectivity index (χ0n) is 11.6. The lowest BCUT2D eigenvalue weighted by molar-refractivity contribution is 0.143. The first-order valence-corrected chi connectivity index (χ1v) is 6.42. The Hall–Kier alpha value is -1.49. The zero-order chi connectivity index (χ0) is 14.7. The van der Waals surface area contributed by atoms with Gasteiger partial charge in [-0.2, -0.15) is 0 Å². The normalized spacial score (nSPS) is 13.4. The van der Waals surface area contributed by atoms with E-state index in [9.17, 15) is 13.9 Å². The molecule has 0 aromatic heterocycles. The molecule has 21 heavy (non-hydrogen) atoms. The second-order valence-electron chi connectivity index (χ2n) is 4.88. The molecule has 0 aliphatic rings. The second-order valence-corrected chi connectivity index (χ2v) is 4.88. The Bertz CT molecular complexity index is 592. The first kappa shape index (κ1) is 17.6. The van der Waals surface area contributed by atoms with Crippen LogP contribution in [-0.2, 0) is 6.42 Å². The molecule has 0 saturated heterocycles. The highest BCUT2D eigenvalue weighted by Crippen LogP contribution is 2.24. The minimum absolute atomic E-state index is 0. The Morgan fingerprint density at radius 2 is 1.67 bits per heavy atom. The first-order chi connectivity index (χ1) is 9.50. The summed E-state index contributed by atoms with van der Waals surface area (Å²) in [7, 11) is 0. The van der Waals surface area contributed by atoms with E-state index >= 15 is 0 Å². The van der Waals surface area contributed by atoms with Gasteiger partial charge in [-0.15, -0.1) is 12.4 Å². The number of aliphatic hydroxyl groups is 1. The van der Waals surface area contributed by atoms with E-state index in [1.165, 1.54) is 19.1 Å². The van der Waals surface area contributed by atoms with Crippen LogP contribution in [0, 0.1) is 18.6 Å². The van der Waals surface area contributed by atoms with E-state index in [0.29, 0.717) is 0 Å². The molecule has 2 aromatic rings. The summed E-state index contributed by atoms with van der Waals surface area (Å²) in [6.45, 7) is 1.48. The molecule has 2 nitrogen and oxygen atoms in total. The Balaban J connectivity index is 0.00000220. The molecule has 114 valence electrons. The van der Waals surface area contributed by atoms with Crippen molar-refractivity contribution in [3.8, 4) is 0 Å². The topological polar surface area (TPSA) is 46.2 Å². The predicted octanol–water partition coefficient (Wildman–Crippen LogP) is 3.30. The third kappa shape index (κ3) is 4.00. The molecule has 0 heterocycles.